The number of benzene rings is 1. The summed E-state index contributed by atoms with van der Waals surface area (Å²) in [6.07, 6.45) is 0. The van der Waals surface area contributed by atoms with Gasteiger partial charge in [-0.25, -0.2) is 0 Å². The smallest absolute Gasteiger partial charge is 0.250 e. The molecule has 3 nitrogen and oxygen atoms in total. The van der Waals surface area contributed by atoms with Crippen molar-refractivity contribution >= 4 is 0 Å². The largest absolute Gasteiger partial charge is 0.497 e. The second kappa shape index (κ2) is 4.45. The number of aromatic nitrogens is 1. The first-order valence-corrected chi connectivity index (χ1v) is 5.44. The van der Waals surface area contributed by atoms with Crippen LogP contribution in [-0.4, -0.2) is 11.7 Å². The van der Waals surface area contributed by atoms with Gasteiger partial charge in [0.1, 0.15) is 5.75 Å². The number of ether oxygens (including phenoxy) is 1. The van der Waals surface area contributed by atoms with Gasteiger partial charge in [0.05, 0.1) is 12.8 Å². The lowest BCUT2D eigenvalue weighted by molar-refractivity contribution is 0.414. The molecule has 1 aromatic carbocycles. The minimum Gasteiger partial charge on any atom is -0.497 e. The van der Waals surface area contributed by atoms with Gasteiger partial charge in [-0.15, -0.1) is 0 Å². The molecular formula is C14H15NO2. The van der Waals surface area contributed by atoms with E-state index in [1.807, 2.05) is 31.2 Å². The molecule has 0 aliphatic carbocycles. The third-order valence-electron chi connectivity index (χ3n) is 2.89. The van der Waals surface area contributed by atoms with Crippen molar-refractivity contribution in [2.45, 2.75) is 6.92 Å². The maximum atomic E-state index is 11.6. The Balaban J connectivity index is 2.61. The predicted octanol–water partition coefficient (Wildman–Crippen LogP) is 2.37. The van der Waals surface area contributed by atoms with Gasteiger partial charge >= 0.3 is 0 Å². The lowest BCUT2D eigenvalue weighted by atomic mass is 10.0. The average Bonchev–Trinajstić information content (AvgIpc) is 2.33. The van der Waals surface area contributed by atoms with E-state index in [0.29, 0.717) is 0 Å². The van der Waals surface area contributed by atoms with Gasteiger partial charge in [0.25, 0.3) is 5.56 Å². The van der Waals surface area contributed by atoms with Gasteiger partial charge in [-0.05, 0) is 36.8 Å². The monoisotopic (exact) mass is 229 g/mol. The summed E-state index contributed by atoms with van der Waals surface area (Å²) in [5.74, 6) is 0.826. The van der Waals surface area contributed by atoms with Crippen LogP contribution >= 0.6 is 0 Å². The number of hydrogen-bond acceptors (Lipinski definition) is 2. The van der Waals surface area contributed by atoms with Crippen molar-refractivity contribution < 1.29 is 4.74 Å². The van der Waals surface area contributed by atoms with E-state index in [1.165, 1.54) is 0 Å². The number of aryl methyl sites for hydroxylation is 1. The Kier molecular flexibility index (Phi) is 3.00. The van der Waals surface area contributed by atoms with Gasteiger partial charge in [-0.3, -0.25) is 4.79 Å². The topological polar surface area (TPSA) is 31.2 Å². The summed E-state index contributed by atoms with van der Waals surface area (Å²) < 4.78 is 6.82. The van der Waals surface area contributed by atoms with E-state index in [9.17, 15) is 4.79 Å². The molecule has 0 fully saturated rings. The van der Waals surface area contributed by atoms with Gasteiger partial charge in [0.15, 0.2) is 0 Å². The van der Waals surface area contributed by atoms with Crippen LogP contribution in [0.2, 0.25) is 0 Å². The summed E-state index contributed by atoms with van der Waals surface area (Å²) in [6.45, 7) is 2.01. The Bertz CT molecular complexity index is 599. The molecule has 17 heavy (non-hydrogen) atoms. The molecule has 0 bridgehead atoms. The molecule has 0 unspecified atom stereocenters. The van der Waals surface area contributed by atoms with Crippen LogP contribution < -0.4 is 10.3 Å². The summed E-state index contributed by atoms with van der Waals surface area (Å²) >= 11 is 0. The molecule has 1 heterocycles. The first-order valence-electron chi connectivity index (χ1n) is 5.44. The van der Waals surface area contributed by atoms with Crippen LogP contribution in [0.15, 0.2) is 41.2 Å². The fourth-order valence-electron chi connectivity index (χ4n) is 1.88. The second-order valence-corrected chi connectivity index (χ2v) is 3.99. The van der Waals surface area contributed by atoms with Crippen molar-refractivity contribution in [3.05, 3.63) is 52.3 Å². The molecule has 0 aliphatic rings. The fraction of sp³-hybridized carbons (Fsp3) is 0.214. The number of hydrogen-bond donors (Lipinski definition) is 0. The highest BCUT2D eigenvalue weighted by Gasteiger charge is 2.06. The molecule has 88 valence electrons. The molecule has 1 aromatic heterocycles. The molecule has 0 N–H and O–H groups in total. The number of rotatable bonds is 2. The van der Waals surface area contributed by atoms with Crippen molar-refractivity contribution in [1.82, 2.24) is 4.57 Å². The van der Waals surface area contributed by atoms with Crippen LogP contribution in [0, 0.1) is 6.92 Å². The van der Waals surface area contributed by atoms with Crippen molar-refractivity contribution in [1.29, 1.82) is 0 Å². The quantitative estimate of drug-likeness (QED) is 0.791. The molecule has 0 saturated heterocycles. The minimum atomic E-state index is -0.00211. The van der Waals surface area contributed by atoms with E-state index >= 15 is 0 Å². The van der Waals surface area contributed by atoms with Crippen LogP contribution in [0.4, 0.5) is 0 Å². The van der Waals surface area contributed by atoms with Crippen molar-refractivity contribution in [3.63, 3.8) is 0 Å². The Morgan fingerprint density at radius 1 is 1.18 bits per heavy atom. The molecule has 0 radical (unpaired) electrons. The summed E-state index contributed by atoms with van der Waals surface area (Å²) in [7, 11) is 3.42. The normalized spacial score (nSPS) is 10.3. The Labute approximate surface area is 100 Å². The first-order chi connectivity index (χ1) is 8.13. The highest BCUT2D eigenvalue weighted by molar-refractivity contribution is 5.65. The van der Waals surface area contributed by atoms with E-state index in [4.69, 9.17) is 4.74 Å². The minimum absolute atomic E-state index is 0.00211. The van der Waals surface area contributed by atoms with Crippen LogP contribution in [0.1, 0.15) is 5.56 Å². The molecule has 0 amide bonds. The SMILES string of the molecule is COc1ccc(-c2cccc(=O)n2C)c(C)c1. The third-order valence-corrected chi connectivity index (χ3v) is 2.89. The van der Waals surface area contributed by atoms with Gasteiger partial charge in [-0.2, -0.15) is 0 Å². The Hall–Kier alpha value is -2.03. The number of nitrogens with zero attached hydrogens (tertiary/aromatic N) is 1. The average molecular weight is 229 g/mol. The molecule has 0 saturated carbocycles. The second-order valence-electron chi connectivity index (χ2n) is 3.99. The molecular weight excluding hydrogens is 214 g/mol. The van der Waals surface area contributed by atoms with Crippen LogP contribution in [-0.2, 0) is 7.05 Å². The summed E-state index contributed by atoms with van der Waals surface area (Å²) in [5.41, 5.74) is 3.05. The van der Waals surface area contributed by atoms with E-state index in [0.717, 1.165) is 22.6 Å². The predicted molar refractivity (Wildman–Crippen MR) is 68.4 cm³/mol. The number of methoxy groups -OCH3 is 1. The zero-order valence-electron chi connectivity index (χ0n) is 10.2. The molecule has 0 aliphatic heterocycles. The number of pyridine rings is 1. The lowest BCUT2D eigenvalue weighted by Gasteiger charge is -2.11. The maximum absolute atomic E-state index is 11.6. The highest BCUT2D eigenvalue weighted by Crippen LogP contribution is 2.25. The Morgan fingerprint density at radius 2 is 1.94 bits per heavy atom. The van der Waals surface area contributed by atoms with Crippen molar-refractivity contribution in [2.24, 2.45) is 7.05 Å². The molecule has 2 aromatic rings. The molecule has 2 rings (SSSR count). The van der Waals surface area contributed by atoms with E-state index < -0.39 is 0 Å². The maximum Gasteiger partial charge on any atom is 0.250 e. The Morgan fingerprint density at radius 3 is 2.59 bits per heavy atom. The van der Waals surface area contributed by atoms with Gasteiger partial charge in [0, 0.05) is 18.7 Å². The summed E-state index contributed by atoms with van der Waals surface area (Å²) in [4.78, 5) is 11.6. The van der Waals surface area contributed by atoms with Crippen LogP contribution in [0.5, 0.6) is 5.75 Å². The molecule has 0 spiro atoms. The first kappa shape index (κ1) is 11.5. The van der Waals surface area contributed by atoms with Crippen LogP contribution in [0.3, 0.4) is 0 Å². The lowest BCUT2D eigenvalue weighted by Crippen LogP contribution is -2.16. The standard InChI is InChI=1S/C14H15NO2/c1-10-9-11(17-3)7-8-12(10)13-5-4-6-14(16)15(13)2/h4-9H,1-3H3. The summed E-state index contributed by atoms with van der Waals surface area (Å²) in [5, 5.41) is 0. The third kappa shape index (κ3) is 2.09. The zero-order valence-corrected chi connectivity index (χ0v) is 10.2. The van der Waals surface area contributed by atoms with E-state index in [1.54, 1.807) is 30.9 Å². The van der Waals surface area contributed by atoms with Crippen molar-refractivity contribution in [2.75, 3.05) is 7.11 Å². The zero-order chi connectivity index (χ0) is 12.4. The molecule has 0 atom stereocenters. The molecule has 3 heteroatoms. The highest BCUT2D eigenvalue weighted by atomic mass is 16.5. The van der Waals surface area contributed by atoms with Crippen LogP contribution in [0.25, 0.3) is 11.3 Å². The van der Waals surface area contributed by atoms with Gasteiger partial charge in [0.2, 0.25) is 0 Å². The van der Waals surface area contributed by atoms with Gasteiger partial charge < -0.3 is 9.30 Å². The van der Waals surface area contributed by atoms with Gasteiger partial charge in [-0.1, -0.05) is 6.07 Å². The van der Waals surface area contributed by atoms with E-state index in [-0.39, 0.29) is 5.56 Å². The fourth-order valence-corrected chi connectivity index (χ4v) is 1.88. The van der Waals surface area contributed by atoms with Crippen molar-refractivity contribution in [3.8, 4) is 17.0 Å². The summed E-state index contributed by atoms with van der Waals surface area (Å²) in [6, 6.07) is 11.1. The van der Waals surface area contributed by atoms with E-state index in [2.05, 4.69) is 0 Å².